The SMILES string of the molecule is Cc1cccc(Nc2cc(C(=O)Nc3ccc(N(C)C)cc3)ncn2)c1. The number of aryl methyl sites for hydroxylation is 1. The number of benzene rings is 2. The average Bonchev–Trinajstić information content (AvgIpc) is 2.62. The molecule has 0 spiro atoms. The van der Waals surface area contributed by atoms with E-state index in [1.165, 1.54) is 6.33 Å². The van der Waals surface area contributed by atoms with Gasteiger partial charge in [-0.2, -0.15) is 0 Å². The highest BCUT2D eigenvalue weighted by atomic mass is 16.1. The van der Waals surface area contributed by atoms with Crippen LogP contribution < -0.4 is 15.5 Å². The van der Waals surface area contributed by atoms with Crippen LogP contribution in [0.5, 0.6) is 0 Å². The van der Waals surface area contributed by atoms with E-state index in [-0.39, 0.29) is 5.91 Å². The summed E-state index contributed by atoms with van der Waals surface area (Å²) in [6.45, 7) is 2.02. The van der Waals surface area contributed by atoms with Crippen LogP contribution in [0.15, 0.2) is 60.9 Å². The molecule has 0 saturated heterocycles. The zero-order valence-electron chi connectivity index (χ0n) is 15.0. The minimum absolute atomic E-state index is 0.280. The van der Waals surface area contributed by atoms with E-state index in [1.54, 1.807) is 6.07 Å². The molecule has 0 bridgehead atoms. The molecule has 0 saturated carbocycles. The molecule has 3 rings (SSSR count). The van der Waals surface area contributed by atoms with Gasteiger partial charge in [0.1, 0.15) is 17.8 Å². The quantitative estimate of drug-likeness (QED) is 0.734. The van der Waals surface area contributed by atoms with E-state index in [4.69, 9.17) is 0 Å². The lowest BCUT2D eigenvalue weighted by Gasteiger charge is -2.13. The largest absolute Gasteiger partial charge is 0.378 e. The summed E-state index contributed by atoms with van der Waals surface area (Å²) in [7, 11) is 3.94. The van der Waals surface area contributed by atoms with Crippen molar-refractivity contribution in [1.29, 1.82) is 0 Å². The summed E-state index contributed by atoms with van der Waals surface area (Å²) < 4.78 is 0. The molecule has 2 aromatic carbocycles. The van der Waals surface area contributed by atoms with Gasteiger partial charge in [0.05, 0.1) is 0 Å². The third-order valence-electron chi connectivity index (χ3n) is 3.83. The van der Waals surface area contributed by atoms with Crippen molar-refractivity contribution in [1.82, 2.24) is 9.97 Å². The number of hydrogen-bond donors (Lipinski definition) is 2. The lowest BCUT2D eigenvalue weighted by Crippen LogP contribution is -2.14. The van der Waals surface area contributed by atoms with Crippen molar-refractivity contribution in [2.75, 3.05) is 29.6 Å². The molecule has 1 aromatic heterocycles. The Bertz CT molecular complexity index is 906. The molecule has 1 amide bonds. The van der Waals surface area contributed by atoms with E-state index in [9.17, 15) is 4.79 Å². The highest BCUT2D eigenvalue weighted by Gasteiger charge is 2.10. The van der Waals surface area contributed by atoms with E-state index < -0.39 is 0 Å². The fraction of sp³-hybridized carbons (Fsp3) is 0.150. The van der Waals surface area contributed by atoms with Crippen molar-refractivity contribution in [2.45, 2.75) is 6.92 Å². The predicted octanol–water partition coefficient (Wildman–Crippen LogP) is 3.85. The third kappa shape index (κ3) is 4.36. The van der Waals surface area contributed by atoms with E-state index >= 15 is 0 Å². The molecule has 132 valence electrons. The maximum Gasteiger partial charge on any atom is 0.274 e. The fourth-order valence-electron chi connectivity index (χ4n) is 2.46. The molecular formula is C20H21N5O. The molecule has 0 aliphatic rings. The first-order valence-electron chi connectivity index (χ1n) is 8.26. The maximum atomic E-state index is 12.5. The summed E-state index contributed by atoms with van der Waals surface area (Å²) in [6, 6.07) is 17.2. The first-order valence-corrected chi connectivity index (χ1v) is 8.26. The highest BCUT2D eigenvalue weighted by Crippen LogP contribution is 2.18. The van der Waals surface area contributed by atoms with Crippen molar-refractivity contribution in [3.05, 3.63) is 72.2 Å². The van der Waals surface area contributed by atoms with Gasteiger partial charge >= 0.3 is 0 Å². The molecule has 6 nitrogen and oxygen atoms in total. The molecule has 0 radical (unpaired) electrons. The molecule has 0 unspecified atom stereocenters. The van der Waals surface area contributed by atoms with Gasteiger partial charge in [-0.3, -0.25) is 4.79 Å². The van der Waals surface area contributed by atoms with Crippen molar-refractivity contribution in [2.24, 2.45) is 0 Å². The summed E-state index contributed by atoms with van der Waals surface area (Å²) in [5.74, 6) is 0.288. The summed E-state index contributed by atoms with van der Waals surface area (Å²) in [4.78, 5) is 22.7. The molecule has 26 heavy (non-hydrogen) atoms. The molecule has 3 aromatic rings. The lowest BCUT2D eigenvalue weighted by molar-refractivity contribution is 0.102. The molecule has 1 heterocycles. The zero-order chi connectivity index (χ0) is 18.5. The van der Waals surface area contributed by atoms with E-state index in [0.29, 0.717) is 17.2 Å². The van der Waals surface area contributed by atoms with Crippen molar-refractivity contribution in [3.63, 3.8) is 0 Å². The van der Waals surface area contributed by atoms with Crippen LogP contribution in [0, 0.1) is 6.92 Å². The Morgan fingerprint density at radius 1 is 0.962 bits per heavy atom. The number of hydrogen-bond acceptors (Lipinski definition) is 5. The highest BCUT2D eigenvalue weighted by molar-refractivity contribution is 6.03. The number of rotatable bonds is 5. The van der Waals surface area contributed by atoms with Crippen LogP contribution >= 0.6 is 0 Å². The van der Waals surface area contributed by atoms with Gasteiger partial charge < -0.3 is 15.5 Å². The van der Waals surface area contributed by atoms with Crippen LogP contribution in [0.3, 0.4) is 0 Å². The first-order chi connectivity index (χ1) is 12.5. The van der Waals surface area contributed by atoms with Gasteiger partial charge in [-0.05, 0) is 48.9 Å². The second-order valence-electron chi connectivity index (χ2n) is 6.18. The molecule has 2 N–H and O–H groups in total. The molecule has 0 aliphatic heterocycles. The van der Waals surface area contributed by atoms with Gasteiger partial charge in [0.15, 0.2) is 0 Å². The van der Waals surface area contributed by atoms with Crippen molar-refractivity contribution >= 4 is 28.8 Å². The minimum Gasteiger partial charge on any atom is -0.378 e. The van der Waals surface area contributed by atoms with Crippen LogP contribution in [0.25, 0.3) is 0 Å². The first kappa shape index (κ1) is 17.4. The summed E-state index contributed by atoms with van der Waals surface area (Å²) in [6.07, 6.45) is 1.38. The van der Waals surface area contributed by atoms with E-state index in [0.717, 1.165) is 16.9 Å². The Morgan fingerprint density at radius 2 is 1.73 bits per heavy atom. The Morgan fingerprint density at radius 3 is 2.42 bits per heavy atom. The maximum absolute atomic E-state index is 12.5. The van der Waals surface area contributed by atoms with Gasteiger partial charge in [-0.1, -0.05) is 12.1 Å². The minimum atomic E-state index is -0.280. The van der Waals surface area contributed by atoms with Crippen molar-refractivity contribution in [3.8, 4) is 0 Å². The second kappa shape index (κ2) is 7.65. The Labute approximate surface area is 152 Å². The number of aromatic nitrogens is 2. The Balaban J connectivity index is 1.71. The van der Waals surface area contributed by atoms with Gasteiger partial charge in [0.25, 0.3) is 5.91 Å². The number of amides is 1. The lowest BCUT2D eigenvalue weighted by atomic mass is 10.2. The molecule has 0 fully saturated rings. The van der Waals surface area contributed by atoms with Gasteiger partial charge in [0, 0.05) is 37.2 Å². The molecule has 0 aliphatic carbocycles. The van der Waals surface area contributed by atoms with E-state index in [1.807, 2.05) is 74.4 Å². The normalized spacial score (nSPS) is 10.3. The smallest absolute Gasteiger partial charge is 0.274 e. The number of nitrogens with one attached hydrogen (secondary N) is 2. The van der Waals surface area contributed by atoms with Crippen LogP contribution in [-0.4, -0.2) is 30.0 Å². The summed E-state index contributed by atoms with van der Waals surface area (Å²) >= 11 is 0. The fourth-order valence-corrected chi connectivity index (χ4v) is 2.46. The average molecular weight is 347 g/mol. The molecule has 0 atom stereocenters. The number of anilines is 4. The van der Waals surface area contributed by atoms with Gasteiger partial charge in [-0.15, -0.1) is 0 Å². The van der Waals surface area contributed by atoms with Crippen LogP contribution in [0.4, 0.5) is 22.9 Å². The topological polar surface area (TPSA) is 70.2 Å². The third-order valence-corrected chi connectivity index (χ3v) is 3.83. The summed E-state index contributed by atoms with van der Waals surface area (Å²) in [5, 5.41) is 6.04. The van der Waals surface area contributed by atoms with Crippen molar-refractivity contribution < 1.29 is 4.79 Å². The van der Waals surface area contributed by atoms with Crippen LogP contribution in [0.1, 0.15) is 16.1 Å². The van der Waals surface area contributed by atoms with Gasteiger partial charge in [0.2, 0.25) is 0 Å². The Hall–Kier alpha value is -3.41. The van der Waals surface area contributed by atoms with Crippen LogP contribution in [-0.2, 0) is 0 Å². The predicted molar refractivity (Wildman–Crippen MR) is 105 cm³/mol. The van der Waals surface area contributed by atoms with Gasteiger partial charge in [-0.25, -0.2) is 9.97 Å². The second-order valence-corrected chi connectivity index (χ2v) is 6.18. The Kier molecular flexibility index (Phi) is 5.12. The zero-order valence-corrected chi connectivity index (χ0v) is 15.0. The van der Waals surface area contributed by atoms with E-state index in [2.05, 4.69) is 20.6 Å². The number of carbonyl (C=O) groups is 1. The standard InChI is InChI=1S/C20H21N5O/c1-14-5-4-6-16(11-14)23-19-12-18(21-13-22-19)20(26)24-15-7-9-17(10-8-15)25(2)3/h4-13H,1-3H3,(H,24,26)(H,21,22,23). The monoisotopic (exact) mass is 347 g/mol. The molecule has 6 heteroatoms. The molecular weight excluding hydrogens is 326 g/mol. The number of carbonyl (C=O) groups excluding carboxylic acids is 1. The van der Waals surface area contributed by atoms with Crippen LogP contribution in [0.2, 0.25) is 0 Å². The number of nitrogens with zero attached hydrogens (tertiary/aromatic N) is 3. The summed E-state index contributed by atoms with van der Waals surface area (Å²) in [5.41, 5.74) is 4.13.